The number of nitrogens with one attached hydrogen (secondary N) is 1. The maximum atomic E-state index is 6.33. The summed E-state index contributed by atoms with van der Waals surface area (Å²) < 4.78 is 0. The Labute approximate surface area is 114 Å². The molecule has 3 heteroatoms. The zero-order valence-electron chi connectivity index (χ0n) is 10.4. The molecular weight excluding hydrogens is 253 g/mol. The van der Waals surface area contributed by atoms with Crippen LogP contribution in [-0.4, -0.2) is 12.6 Å². The van der Waals surface area contributed by atoms with Gasteiger partial charge in [0.15, 0.2) is 0 Å². The summed E-state index contributed by atoms with van der Waals surface area (Å²) in [5.41, 5.74) is 1.29. The van der Waals surface area contributed by atoms with Crippen molar-refractivity contribution >= 4 is 23.2 Å². The van der Waals surface area contributed by atoms with Crippen LogP contribution in [0.4, 0.5) is 0 Å². The van der Waals surface area contributed by atoms with E-state index in [-0.39, 0.29) is 5.41 Å². The Hall–Kier alpha value is -0.240. The molecule has 1 N–H and O–H groups in total. The molecule has 1 nitrogen and oxygen atoms in total. The third kappa shape index (κ3) is 2.62. The summed E-state index contributed by atoms with van der Waals surface area (Å²) in [6.45, 7) is 5.30. The maximum Gasteiger partial charge on any atom is 0.0459 e. The molecule has 1 aliphatic rings. The molecule has 0 amide bonds. The first-order chi connectivity index (χ1) is 8.05. The molecule has 0 aliphatic heterocycles. The number of benzene rings is 1. The predicted molar refractivity (Wildman–Crippen MR) is 75.1 cm³/mol. The Morgan fingerprint density at radius 1 is 1.24 bits per heavy atom. The fourth-order valence-electron chi connectivity index (χ4n) is 2.52. The summed E-state index contributed by atoms with van der Waals surface area (Å²) in [5, 5.41) is 5.14. The van der Waals surface area contributed by atoms with Gasteiger partial charge >= 0.3 is 0 Å². The summed E-state index contributed by atoms with van der Waals surface area (Å²) in [5.74, 6) is 0. The average molecular weight is 272 g/mol. The molecule has 94 valence electrons. The lowest BCUT2D eigenvalue weighted by Gasteiger charge is -2.44. The fourth-order valence-corrected chi connectivity index (χ4v) is 3.32. The topological polar surface area (TPSA) is 12.0 Å². The summed E-state index contributed by atoms with van der Waals surface area (Å²) in [6.07, 6.45) is 3.62. The first-order valence-electron chi connectivity index (χ1n) is 6.23. The zero-order valence-corrected chi connectivity index (χ0v) is 11.9. The molecule has 0 heterocycles. The van der Waals surface area contributed by atoms with Crippen LogP contribution in [0, 0.1) is 0 Å². The SMILES string of the molecule is CC(C)NCC1(c2c(Cl)cccc2Cl)CCC1. The molecule has 0 aromatic heterocycles. The van der Waals surface area contributed by atoms with Crippen LogP contribution in [0.25, 0.3) is 0 Å². The fraction of sp³-hybridized carbons (Fsp3) is 0.571. The second-order valence-corrected chi connectivity index (χ2v) is 6.08. The van der Waals surface area contributed by atoms with E-state index in [4.69, 9.17) is 23.2 Å². The third-order valence-corrected chi connectivity index (χ3v) is 4.28. The van der Waals surface area contributed by atoms with E-state index in [0.29, 0.717) is 6.04 Å². The first kappa shape index (κ1) is 13.2. The second kappa shape index (κ2) is 5.17. The standard InChI is InChI=1S/C14H19Cl2N/c1-10(2)17-9-14(7-4-8-14)13-11(15)5-3-6-12(13)16/h3,5-6,10,17H,4,7-9H2,1-2H3. The van der Waals surface area contributed by atoms with Crippen LogP contribution in [0.5, 0.6) is 0 Å². The Balaban J connectivity index is 2.28. The predicted octanol–water partition coefficient (Wildman–Crippen LogP) is 4.41. The van der Waals surface area contributed by atoms with Crippen molar-refractivity contribution in [2.45, 2.75) is 44.6 Å². The maximum absolute atomic E-state index is 6.33. The number of hydrogen-bond donors (Lipinski definition) is 1. The molecule has 1 saturated carbocycles. The molecular formula is C14H19Cl2N. The van der Waals surface area contributed by atoms with E-state index in [1.807, 2.05) is 18.2 Å². The smallest absolute Gasteiger partial charge is 0.0459 e. The van der Waals surface area contributed by atoms with Crippen LogP contribution in [0.3, 0.4) is 0 Å². The van der Waals surface area contributed by atoms with Gasteiger partial charge in [-0.05, 0) is 30.5 Å². The number of hydrogen-bond acceptors (Lipinski definition) is 1. The molecule has 0 spiro atoms. The van der Waals surface area contributed by atoms with E-state index in [0.717, 1.165) is 22.2 Å². The van der Waals surface area contributed by atoms with Crippen molar-refractivity contribution in [1.82, 2.24) is 5.32 Å². The molecule has 1 fully saturated rings. The summed E-state index contributed by atoms with van der Waals surface area (Å²) in [6, 6.07) is 6.29. The van der Waals surface area contributed by atoms with Gasteiger partial charge in [0, 0.05) is 28.0 Å². The van der Waals surface area contributed by atoms with Crippen molar-refractivity contribution in [3.8, 4) is 0 Å². The van der Waals surface area contributed by atoms with Crippen LogP contribution in [0.2, 0.25) is 10.0 Å². The lowest BCUT2D eigenvalue weighted by Crippen LogP contribution is -2.46. The quantitative estimate of drug-likeness (QED) is 0.855. The molecule has 0 saturated heterocycles. The molecule has 1 aromatic carbocycles. The van der Waals surface area contributed by atoms with Crippen LogP contribution in [-0.2, 0) is 5.41 Å². The van der Waals surface area contributed by atoms with Gasteiger partial charge in [-0.2, -0.15) is 0 Å². The molecule has 0 unspecified atom stereocenters. The largest absolute Gasteiger partial charge is 0.314 e. The molecule has 0 radical (unpaired) electrons. The Bertz CT molecular complexity index is 377. The van der Waals surface area contributed by atoms with Crippen LogP contribution in [0.1, 0.15) is 38.7 Å². The van der Waals surface area contributed by atoms with E-state index in [9.17, 15) is 0 Å². The second-order valence-electron chi connectivity index (χ2n) is 5.27. The molecule has 0 bridgehead atoms. The normalized spacial score (nSPS) is 18.2. The van der Waals surface area contributed by atoms with Gasteiger partial charge in [0.05, 0.1) is 0 Å². The van der Waals surface area contributed by atoms with Crippen molar-refractivity contribution in [1.29, 1.82) is 0 Å². The minimum Gasteiger partial charge on any atom is -0.314 e. The monoisotopic (exact) mass is 271 g/mol. The van der Waals surface area contributed by atoms with Crippen molar-refractivity contribution in [3.63, 3.8) is 0 Å². The Kier molecular flexibility index (Phi) is 4.02. The molecule has 1 aliphatic carbocycles. The van der Waals surface area contributed by atoms with Gasteiger partial charge in [0.2, 0.25) is 0 Å². The number of rotatable bonds is 4. The van der Waals surface area contributed by atoms with E-state index in [1.165, 1.54) is 19.3 Å². The van der Waals surface area contributed by atoms with Crippen molar-refractivity contribution in [2.24, 2.45) is 0 Å². The van der Waals surface area contributed by atoms with Gasteiger partial charge in [-0.25, -0.2) is 0 Å². The lowest BCUT2D eigenvalue weighted by molar-refractivity contribution is 0.228. The Morgan fingerprint density at radius 3 is 2.24 bits per heavy atom. The minimum absolute atomic E-state index is 0.152. The van der Waals surface area contributed by atoms with E-state index in [1.54, 1.807) is 0 Å². The molecule has 1 aromatic rings. The number of halogens is 2. The van der Waals surface area contributed by atoms with Crippen LogP contribution < -0.4 is 5.32 Å². The zero-order chi connectivity index (χ0) is 12.5. The van der Waals surface area contributed by atoms with Crippen molar-refractivity contribution in [2.75, 3.05) is 6.54 Å². The van der Waals surface area contributed by atoms with Gasteiger partial charge in [-0.1, -0.05) is 49.5 Å². The summed E-state index contributed by atoms with van der Waals surface area (Å²) in [4.78, 5) is 0. The van der Waals surface area contributed by atoms with Crippen molar-refractivity contribution < 1.29 is 0 Å². The van der Waals surface area contributed by atoms with Crippen molar-refractivity contribution in [3.05, 3.63) is 33.8 Å². The molecule has 2 rings (SSSR count). The lowest BCUT2D eigenvalue weighted by atomic mass is 9.64. The highest BCUT2D eigenvalue weighted by molar-refractivity contribution is 6.36. The van der Waals surface area contributed by atoms with E-state index >= 15 is 0 Å². The average Bonchev–Trinajstić information content (AvgIpc) is 2.19. The minimum atomic E-state index is 0.152. The van der Waals surface area contributed by atoms with Gasteiger partial charge in [0.1, 0.15) is 0 Å². The highest BCUT2D eigenvalue weighted by Crippen LogP contribution is 2.48. The summed E-state index contributed by atoms with van der Waals surface area (Å²) in [7, 11) is 0. The van der Waals surface area contributed by atoms with Crippen LogP contribution in [0.15, 0.2) is 18.2 Å². The molecule has 0 atom stereocenters. The highest BCUT2D eigenvalue weighted by atomic mass is 35.5. The van der Waals surface area contributed by atoms with E-state index < -0.39 is 0 Å². The van der Waals surface area contributed by atoms with Gasteiger partial charge in [0.25, 0.3) is 0 Å². The molecule has 17 heavy (non-hydrogen) atoms. The van der Waals surface area contributed by atoms with Gasteiger partial charge in [-0.3, -0.25) is 0 Å². The Morgan fingerprint density at radius 2 is 1.82 bits per heavy atom. The van der Waals surface area contributed by atoms with E-state index in [2.05, 4.69) is 19.2 Å². The van der Waals surface area contributed by atoms with Gasteiger partial charge < -0.3 is 5.32 Å². The highest BCUT2D eigenvalue weighted by Gasteiger charge is 2.41. The van der Waals surface area contributed by atoms with Crippen LogP contribution >= 0.6 is 23.2 Å². The van der Waals surface area contributed by atoms with Gasteiger partial charge in [-0.15, -0.1) is 0 Å². The first-order valence-corrected chi connectivity index (χ1v) is 6.99. The third-order valence-electron chi connectivity index (χ3n) is 3.65. The summed E-state index contributed by atoms with van der Waals surface area (Å²) >= 11 is 12.7.